The van der Waals surface area contributed by atoms with Crippen molar-refractivity contribution in [3.05, 3.63) is 39.9 Å². The van der Waals surface area contributed by atoms with Crippen LogP contribution in [0.3, 0.4) is 0 Å². The Labute approximate surface area is 105 Å². The van der Waals surface area contributed by atoms with Crippen molar-refractivity contribution in [1.82, 2.24) is 9.97 Å². The standard InChI is InChI=1S/C12H9BrN2S/c1-7-3-2-4-8-9(5-14-11(7)8)12-15-10(13)6-16-12/h2-6,14H,1H3. The first kappa shape index (κ1) is 10.1. The maximum atomic E-state index is 4.45. The molecule has 0 radical (unpaired) electrons. The summed E-state index contributed by atoms with van der Waals surface area (Å²) in [5.74, 6) is 0. The Morgan fingerprint density at radius 1 is 1.38 bits per heavy atom. The van der Waals surface area contributed by atoms with E-state index in [-0.39, 0.29) is 0 Å². The van der Waals surface area contributed by atoms with Crippen molar-refractivity contribution in [2.75, 3.05) is 0 Å². The van der Waals surface area contributed by atoms with Crippen LogP contribution in [0.4, 0.5) is 0 Å². The van der Waals surface area contributed by atoms with E-state index in [4.69, 9.17) is 0 Å². The van der Waals surface area contributed by atoms with Gasteiger partial charge in [-0.15, -0.1) is 11.3 Å². The van der Waals surface area contributed by atoms with Crippen molar-refractivity contribution in [3.8, 4) is 10.6 Å². The van der Waals surface area contributed by atoms with Crippen LogP contribution in [0.1, 0.15) is 5.56 Å². The minimum absolute atomic E-state index is 0.898. The van der Waals surface area contributed by atoms with Gasteiger partial charge in [0.25, 0.3) is 0 Å². The minimum atomic E-state index is 0.898. The number of aryl methyl sites for hydroxylation is 1. The number of benzene rings is 1. The van der Waals surface area contributed by atoms with Gasteiger partial charge < -0.3 is 4.98 Å². The van der Waals surface area contributed by atoms with Gasteiger partial charge in [-0.3, -0.25) is 0 Å². The summed E-state index contributed by atoms with van der Waals surface area (Å²) in [5.41, 5.74) is 3.64. The summed E-state index contributed by atoms with van der Waals surface area (Å²) in [6.45, 7) is 2.11. The number of aromatic nitrogens is 2. The van der Waals surface area contributed by atoms with Crippen molar-refractivity contribution in [2.24, 2.45) is 0 Å². The van der Waals surface area contributed by atoms with Crippen LogP contribution in [0.15, 0.2) is 34.4 Å². The molecule has 3 rings (SSSR count). The van der Waals surface area contributed by atoms with Crippen LogP contribution in [-0.2, 0) is 0 Å². The second-order valence-electron chi connectivity index (χ2n) is 3.68. The van der Waals surface area contributed by atoms with E-state index in [0.717, 1.165) is 9.61 Å². The molecule has 0 unspecified atom stereocenters. The van der Waals surface area contributed by atoms with E-state index in [9.17, 15) is 0 Å². The quantitative estimate of drug-likeness (QED) is 0.709. The van der Waals surface area contributed by atoms with E-state index >= 15 is 0 Å². The lowest BCUT2D eigenvalue weighted by Crippen LogP contribution is -1.76. The molecule has 80 valence electrons. The molecule has 0 saturated carbocycles. The zero-order valence-electron chi connectivity index (χ0n) is 8.62. The highest BCUT2D eigenvalue weighted by Gasteiger charge is 2.10. The number of rotatable bonds is 1. The summed E-state index contributed by atoms with van der Waals surface area (Å²) < 4.78 is 0.898. The van der Waals surface area contributed by atoms with E-state index in [2.05, 4.69) is 51.0 Å². The monoisotopic (exact) mass is 292 g/mol. The number of aromatic amines is 1. The molecular weight excluding hydrogens is 284 g/mol. The molecule has 1 aromatic carbocycles. The molecule has 0 fully saturated rings. The number of hydrogen-bond donors (Lipinski definition) is 1. The zero-order valence-corrected chi connectivity index (χ0v) is 11.0. The molecule has 0 amide bonds. The van der Waals surface area contributed by atoms with Gasteiger partial charge in [-0.1, -0.05) is 18.2 Å². The van der Waals surface area contributed by atoms with Gasteiger partial charge >= 0.3 is 0 Å². The molecule has 0 spiro atoms. The van der Waals surface area contributed by atoms with E-state index < -0.39 is 0 Å². The summed E-state index contributed by atoms with van der Waals surface area (Å²) in [7, 11) is 0. The Hall–Kier alpha value is -1.13. The summed E-state index contributed by atoms with van der Waals surface area (Å²) in [6, 6.07) is 6.32. The number of fused-ring (bicyclic) bond motifs is 1. The highest BCUT2D eigenvalue weighted by atomic mass is 79.9. The van der Waals surface area contributed by atoms with E-state index in [0.29, 0.717) is 0 Å². The molecule has 3 aromatic rings. The van der Waals surface area contributed by atoms with Gasteiger partial charge in [0.1, 0.15) is 9.61 Å². The van der Waals surface area contributed by atoms with E-state index in [1.807, 2.05) is 11.6 Å². The fourth-order valence-electron chi connectivity index (χ4n) is 1.86. The predicted molar refractivity (Wildman–Crippen MR) is 71.8 cm³/mol. The smallest absolute Gasteiger partial charge is 0.126 e. The lowest BCUT2D eigenvalue weighted by Gasteiger charge is -1.96. The molecule has 2 aromatic heterocycles. The lowest BCUT2D eigenvalue weighted by atomic mass is 10.1. The fraction of sp³-hybridized carbons (Fsp3) is 0.0833. The van der Waals surface area contributed by atoms with Crippen LogP contribution in [0.25, 0.3) is 21.5 Å². The molecule has 1 N–H and O–H groups in total. The maximum absolute atomic E-state index is 4.45. The van der Waals surface area contributed by atoms with Crippen molar-refractivity contribution in [3.63, 3.8) is 0 Å². The average molecular weight is 293 g/mol. The molecule has 0 aliphatic rings. The number of hydrogen-bond acceptors (Lipinski definition) is 2. The highest BCUT2D eigenvalue weighted by molar-refractivity contribution is 9.10. The van der Waals surface area contributed by atoms with Gasteiger partial charge in [0.15, 0.2) is 0 Å². The van der Waals surface area contributed by atoms with Crippen molar-refractivity contribution < 1.29 is 0 Å². The van der Waals surface area contributed by atoms with Gasteiger partial charge in [-0.05, 0) is 28.4 Å². The van der Waals surface area contributed by atoms with Crippen LogP contribution >= 0.6 is 27.3 Å². The van der Waals surface area contributed by atoms with Crippen LogP contribution < -0.4 is 0 Å². The Bertz CT molecular complexity index is 654. The molecule has 0 atom stereocenters. The van der Waals surface area contributed by atoms with Crippen LogP contribution in [-0.4, -0.2) is 9.97 Å². The van der Waals surface area contributed by atoms with E-state index in [1.54, 1.807) is 11.3 Å². The SMILES string of the molecule is Cc1cccc2c(-c3nc(Br)cs3)c[nH]c12. The molecule has 0 saturated heterocycles. The molecular formula is C12H9BrN2S. The Kier molecular flexibility index (Phi) is 2.33. The number of thiazole rings is 1. The van der Waals surface area contributed by atoms with Gasteiger partial charge in [0.2, 0.25) is 0 Å². The molecule has 2 nitrogen and oxygen atoms in total. The Morgan fingerprint density at radius 2 is 2.25 bits per heavy atom. The van der Waals surface area contributed by atoms with Gasteiger partial charge in [-0.2, -0.15) is 0 Å². The Morgan fingerprint density at radius 3 is 3.00 bits per heavy atom. The van der Waals surface area contributed by atoms with Gasteiger partial charge in [0.05, 0.1) is 0 Å². The minimum Gasteiger partial charge on any atom is -0.360 e. The zero-order chi connectivity index (χ0) is 11.1. The largest absolute Gasteiger partial charge is 0.360 e. The topological polar surface area (TPSA) is 28.7 Å². The van der Waals surface area contributed by atoms with Crippen LogP contribution in [0.5, 0.6) is 0 Å². The summed E-state index contributed by atoms with van der Waals surface area (Å²) >= 11 is 5.04. The van der Waals surface area contributed by atoms with Gasteiger partial charge in [0, 0.05) is 28.0 Å². The van der Waals surface area contributed by atoms with E-state index in [1.165, 1.54) is 22.0 Å². The summed E-state index contributed by atoms with van der Waals surface area (Å²) in [4.78, 5) is 7.76. The summed E-state index contributed by atoms with van der Waals surface area (Å²) in [6.07, 6.45) is 2.03. The Balaban J connectivity index is 2.29. The third-order valence-corrected chi connectivity index (χ3v) is 4.22. The molecule has 4 heteroatoms. The second kappa shape index (κ2) is 3.71. The number of H-pyrrole nitrogens is 1. The highest BCUT2D eigenvalue weighted by Crippen LogP contribution is 2.32. The molecule has 0 bridgehead atoms. The molecule has 0 aliphatic carbocycles. The predicted octanol–water partition coefficient (Wildman–Crippen LogP) is 4.36. The third-order valence-electron chi connectivity index (χ3n) is 2.63. The number of nitrogens with one attached hydrogen (secondary N) is 1. The maximum Gasteiger partial charge on any atom is 0.126 e. The first-order valence-corrected chi connectivity index (χ1v) is 6.61. The third kappa shape index (κ3) is 1.49. The van der Waals surface area contributed by atoms with Crippen molar-refractivity contribution in [1.29, 1.82) is 0 Å². The molecule has 16 heavy (non-hydrogen) atoms. The van der Waals surface area contributed by atoms with Crippen molar-refractivity contribution >= 4 is 38.2 Å². The summed E-state index contributed by atoms with van der Waals surface area (Å²) in [5, 5.41) is 4.29. The van der Waals surface area contributed by atoms with Gasteiger partial charge in [-0.25, -0.2) is 4.98 Å². The number of nitrogens with zero attached hydrogens (tertiary/aromatic N) is 1. The first-order valence-electron chi connectivity index (χ1n) is 4.94. The normalized spacial score (nSPS) is 11.1. The van der Waals surface area contributed by atoms with Crippen LogP contribution in [0.2, 0.25) is 0 Å². The van der Waals surface area contributed by atoms with Crippen LogP contribution in [0, 0.1) is 6.92 Å². The second-order valence-corrected chi connectivity index (χ2v) is 5.35. The number of para-hydroxylation sites is 1. The number of halogens is 1. The average Bonchev–Trinajstić information content (AvgIpc) is 2.84. The lowest BCUT2D eigenvalue weighted by molar-refractivity contribution is 1.36. The fourth-order valence-corrected chi connectivity index (χ4v) is 3.14. The van der Waals surface area contributed by atoms with Crippen molar-refractivity contribution in [2.45, 2.75) is 6.92 Å². The molecule has 0 aliphatic heterocycles. The first-order chi connectivity index (χ1) is 7.75. The molecule has 2 heterocycles.